The maximum absolute atomic E-state index is 10.2. The Hall–Kier alpha value is -0.910. The minimum atomic E-state index is -4.83. The summed E-state index contributed by atoms with van der Waals surface area (Å²) < 4.78 is 56.8. The lowest BCUT2D eigenvalue weighted by molar-refractivity contribution is 0.249. The molecule has 9 nitrogen and oxygen atoms in total. The van der Waals surface area contributed by atoms with Crippen LogP contribution in [-0.4, -0.2) is 32.0 Å². The molecule has 0 heterocycles. The SMILES string of the molecule is O=C(NS(=O)(=O)O)NS(=O)(=O)O. The zero-order valence-corrected chi connectivity index (χ0v) is 6.89. The molecular weight excluding hydrogens is 216 g/mol. The van der Waals surface area contributed by atoms with Gasteiger partial charge < -0.3 is 0 Å². The fourth-order valence-corrected chi connectivity index (χ4v) is 0.890. The third-order valence-corrected chi connectivity index (χ3v) is 1.33. The highest BCUT2D eigenvalue weighted by Crippen LogP contribution is 1.77. The van der Waals surface area contributed by atoms with E-state index in [0.717, 1.165) is 9.44 Å². The first-order valence-electron chi connectivity index (χ1n) is 2.14. The molecule has 0 bridgehead atoms. The largest absolute Gasteiger partial charge is 0.361 e. The molecule has 72 valence electrons. The van der Waals surface area contributed by atoms with Crippen LogP contribution in [0.15, 0.2) is 0 Å². The number of hydrogen-bond acceptors (Lipinski definition) is 5. The van der Waals surface area contributed by atoms with Crippen molar-refractivity contribution in [3.05, 3.63) is 0 Å². The highest BCUT2D eigenvalue weighted by Gasteiger charge is 2.14. The molecule has 0 atom stereocenters. The maximum Gasteiger partial charge on any atom is 0.361 e. The molecule has 4 N–H and O–H groups in total. The molecule has 0 aromatic carbocycles. The summed E-state index contributed by atoms with van der Waals surface area (Å²) in [5, 5.41) is 0. The Balaban J connectivity index is 4.30. The summed E-state index contributed by atoms with van der Waals surface area (Å²) in [4.78, 5) is 10.2. The van der Waals surface area contributed by atoms with E-state index in [1.807, 2.05) is 0 Å². The molecule has 11 heteroatoms. The van der Waals surface area contributed by atoms with Crippen molar-refractivity contribution in [1.82, 2.24) is 9.44 Å². The minimum absolute atomic E-state index is 0.814. The molecule has 0 saturated carbocycles. The van der Waals surface area contributed by atoms with Crippen LogP contribution in [0.4, 0.5) is 4.79 Å². The third kappa shape index (κ3) is 7.20. The maximum atomic E-state index is 10.2. The van der Waals surface area contributed by atoms with Crippen molar-refractivity contribution in [3.8, 4) is 0 Å². The van der Waals surface area contributed by atoms with Gasteiger partial charge in [0.15, 0.2) is 0 Å². The second kappa shape index (κ2) is 3.22. The number of rotatable bonds is 2. The molecule has 0 rings (SSSR count). The van der Waals surface area contributed by atoms with Gasteiger partial charge in [0, 0.05) is 0 Å². The van der Waals surface area contributed by atoms with Crippen molar-refractivity contribution >= 4 is 26.6 Å². The summed E-state index contributed by atoms with van der Waals surface area (Å²) in [5.41, 5.74) is 0. The Morgan fingerprint density at radius 3 is 1.33 bits per heavy atom. The lowest BCUT2D eigenvalue weighted by Crippen LogP contribution is -2.41. The third-order valence-electron chi connectivity index (χ3n) is 0.443. The van der Waals surface area contributed by atoms with Gasteiger partial charge in [0.1, 0.15) is 0 Å². The number of carbonyl (C=O) groups is 1. The number of nitrogens with one attached hydrogen (secondary N) is 2. The highest BCUT2D eigenvalue weighted by atomic mass is 32.2. The smallest absolute Gasteiger partial charge is 0.269 e. The molecule has 0 aromatic heterocycles. The van der Waals surface area contributed by atoms with E-state index in [4.69, 9.17) is 9.11 Å². The van der Waals surface area contributed by atoms with Crippen LogP contribution in [0.5, 0.6) is 0 Å². The molecule has 0 spiro atoms. The first-order chi connectivity index (χ1) is 5.10. The van der Waals surface area contributed by atoms with Gasteiger partial charge in [-0.1, -0.05) is 0 Å². The number of carbonyl (C=O) groups excluding carboxylic acids is 1. The van der Waals surface area contributed by atoms with Crippen LogP contribution < -0.4 is 9.44 Å². The van der Waals surface area contributed by atoms with Gasteiger partial charge in [0.2, 0.25) is 0 Å². The summed E-state index contributed by atoms with van der Waals surface area (Å²) >= 11 is 0. The van der Waals surface area contributed by atoms with E-state index in [1.54, 1.807) is 0 Å². The van der Waals surface area contributed by atoms with E-state index in [9.17, 15) is 21.6 Å². The Kier molecular flexibility index (Phi) is 2.98. The topological polar surface area (TPSA) is 150 Å². The zero-order valence-electron chi connectivity index (χ0n) is 5.25. The molecule has 0 unspecified atom stereocenters. The van der Waals surface area contributed by atoms with Crippen LogP contribution in [-0.2, 0) is 20.6 Å². The quantitative estimate of drug-likeness (QED) is 0.389. The van der Waals surface area contributed by atoms with Gasteiger partial charge in [-0.3, -0.25) is 9.11 Å². The van der Waals surface area contributed by atoms with Crippen LogP contribution in [0.1, 0.15) is 0 Å². The van der Waals surface area contributed by atoms with E-state index in [2.05, 4.69) is 0 Å². The second-order valence-electron chi connectivity index (χ2n) is 1.48. The van der Waals surface area contributed by atoms with Gasteiger partial charge in [-0.15, -0.1) is 0 Å². The molecule has 0 aliphatic carbocycles. The predicted octanol–water partition coefficient (Wildman–Crippen LogP) is -2.11. The monoisotopic (exact) mass is 220 g/mol. The molecule has 0 aliphatic heterocycles. The number of hydrogen-bond donors (Lipinski definition) is 4. The molecule has 0 aromatic rings. The van der Waals surface area contributed by atoms with Crippen LogP contribution in [0.25, 0.3) is 0 Å². The van der Waals surface area contributed by atoms with Crippen molar-refractivity contribution in [2.75, 3.05) is 0 Å². The average Bonchev–Trinajstić information content (AvgIpc) is 1.49. The molecule has 2 amide bonds. The average molecular weight is 220 g/mol. The molecule has 0 fully saturated rings. The lowest BCUT2D eigenvalue weighted by Gasteiger charge is -1.99. The summed E-state index contributed by atoms with van der Waals surface area (Å²) in [6.45, 7) is 0. The highest BCUT2D eigenvalue weighted by molar-refractivity contribution is 7.85. The van der Waals surface area contributed by atoms with Gasteiger partial charge in [0.25, 0.3) is 0 Å². The van der Waals surface area contributed by atoms with Crippen LogP contribution >= 0.6 is 0 Å². The Morgan fingerprint density at radius 2 is 1.17 bits per heavy atom. The number of amides is 2. The number of urea groups is 1. The van der Waals surface area contributed by atoms with Crippen molar-refractivity contribution < 1.29 is 30.7 Å². The predicted molar refractivity (Wildman–Crippen MR) is 34.8 cm³/mol. The first-order valence-corrected chi connectivity index (χ1v) is 5.02. The Bertz CT molecular complexity index is 326. The van der Waals surface area contributed by atoms with E-state index < -0.39 is 26.6 Å². The van der Waals surface area contributed by atoms with Gasteiger partial charge in [-0.25, -0.2) is 14.2 Å². The summed E-state index contributed by atoms with van der Waals surface area (Å²) in [6, 6.07) is -1.79. The van der Waals surface area contributed by atoms with Crippen molar-refractivity contribution in [2.45, 2.75) is 0 Å². The van der Waals surface area contributed by atoms with E-state index in [1.165, 1.54) is 0 Å². The van der Waals surface area contributed by atoms with Crippen molar-refractivity contribution in [3.63, 3.8) is 0 Å². The second-order valence-corrected chi connectivity index (χ2v) is 3.79. The van der Waals surface area contributed by atoms with Gasteiger partial charge in [-0.05, 0) is 0 Å². The summed E-state index contributed by atoms with van der Waals surface area (Å²) in [5.74, 6) is 0. The molecular formula is CH4N2O7S2. The van der Waals surface area contributed by atoms with E-state index in [-0.39, 0.29) is 0 Å². The molecule has 12 heavy (non-hydrogen) atoms. The van der Waals surface area contributed by atoms with E-state index >= 15 is 0 Å². The van der Waals surface area contributed by atoms with Crippen LogP contribution in [0, 0.1) is 0 Å². The summed E-state index contributed by atoms with van der Waals surface area (Å²) in [6.07, 6.45) is 0. The van der Waals surface area contributed by atoms with Crippen molar-refractivity contribution in [2.24, 2.45) is 0 Å². The van der Waals surface area contributed by atoms with Crippen LogP contribution in [0.2, 0.25) is 0 Å². The fourth-order valence-electron chi connectivity index (χ4n) is 0.255. The molecule has 0 radical (unpaired) electrons. The standard InChI is InChI=1S/CH4N2O7S2/c4-1(2-11(5,6)7)3-12(8,9)10/h(H2,2,3,4)(H,5,6,7)(H,8,9,10). The molecule has 0 aliphatic rings. The van der Waals surface area contributed by atoms with Gasteiger partial charge >= 0.3 is 26.6 Å². The Morgan fingerprint density at radius 1 is 0.917 bits per heavy atom. The van der Waals surface area contributed by atoms with Gasteiger partial charge in [-0.2, -0.15) is 16.8 Å². The fraction of sp³-hybridized carbons (Fsp3) is 0. The lowest BCUT2D eigenvalue weighted by atomic mass is 11.2. The van der Waals surface area contributed by atoms with Crippen molar-refractivity contribution in [1.29, 1.82) is 0 Å². The Labute approximate surface area is 67.5 Å². The van der Waals surface area contributed by atoms with Gasteiger partial charge in [0.05, 0.1) is 0 Å². The normalized spacial score (nSPS) is 12.2. The zero-order chi connectivity index (χ0) is 9.99. The van der Waals surface area contributed by atoms with Crippen LogP contribution in [0.3, 0.4) is 0 Å². The molecule has 0 saturated heterocycles. The minimum Gasteiger partial charge on any atom is -0.269 e. The summed E-state index contributed by atoms with van der Waals surface area (Å²) in [7, 11) is -9.67. The first kappa shape index (κ1) is 11.1. The van der Waals surface area contributed by atoms with E-state index in [0.29, 0.717) is 0 Å².